The van der Waals surface area contributed by atoms with Gasteiger partial charge in [-0.15, -0.1) is 0 Å². The highest BCUT2D eigenvalue weighted by atomic mass is 15.1. The average Bonchev–Trinajstić information content (AvgIpc) is 1.80. The first-order chi connectivity index (χ1) is 4.20. The number of rotatable bonds is 0. The Labute approximate surface area is 56.4 Å². The normalized spacial score (nSPS) is 30.9. The Hall–Kier alpha value is -0.370. The number of nitrogens with zero attached hydrogens (tertiary/aromatic N) is 1. The first kappa shape index (κ1) is 6.75. The molecule has 9 heavy (non-hydrogen) atoms. The van der Waals surface area contributed by atoms with E-state index < -0.39 is 0 Å². The van der Waals surface area contributed by atoms with Gasteiger partial charge in [0.1, 0.15) is 0 Å². The van der Waals surface area contributed by atoms with E-state index in [0.29, 0.717) is 5.92 Å². The van der Waals surface area contributed by atoms with Gasteiger partial charge in [-0.2, -0.15) is 0 Å². The van der Waals surface area contributed by atoms with E-state index in [1.54, 1.807) is 0 Å². The van der Waals surface area contributed by atoms with Crippen molar-refractivity contribution < 1.29 is 0 Å². The van der Waals surface area contributed by atoms with E-state index >= 15 is 0 Å². The quantitative estimate of drug-likeness (QED) is 0.514. The van der Waals surface area contributed by atoms with Crippen molar-refractivity contribution in [1.29, 1.82) is 5.41 Å². The molecule has 1 aliphatic rings. The van der Waals surface area contributed by atoms with Crippen LogP contribution in [-0.2, 0) is 0 Å². The van der Waals surface area contributed by atoms with Gasteiger partial charge in [0, 0.05) is 24.7 Å². The van der Waals surface area contributed by atoms with Gasteiger partial charge in [-0.3, -0.25) is 0 Å². The summed E-state index contributed by atoms with van der Waals surface area (Å²) < 4.78 is 0. The molecule has 1 saturated heterocycles. The molecule has 2 heteroatoms. The van der Waals surface area contributed by atoms with E-state index in [1.807, 2.05) is 0 Å². The fourth-order valence-electron chi connectivity index (χ4n) is 1.23. The lowest BCUT2D eigenvalue weighted by atomic mass is 9.98. The van der Waals surface area contributed by atoms with E-state index in [0.717, 1.165) is 25.2 Å². The molecule has 0 aliphatic carbocycles. The number of piperidine rings is 1. The van der Waals surface area contributed by atoms with Crippen LogP contribution in [0, 0.1) is 11.3 Å². The highest BCUT2D eigenvalue weighted by Crippen LogP contribution is 2.09. The van der Waals surface area contributed by atoms with Crippen LogP contribution in [0.25, 0.3) is 0 Å². The smallest absolute Gasteiger partial charge is 0.0143 e. The predicted molar refractivity (Wildman–Crippen MR) is 39.0 cm³/mol. The second kappa shape index (κ2) is 2.48. The van der Waals surface area contributed by atoms with Crippen LogP contribution in [0.1, 0.15) is 13.3 Å². The molecule has 0 aromatic carbocycles. The molecule has 1 N–H and O–H groups in total. The Morgan fingerprint density at radius 1 is 1.67 bits per heavy atom. The maximum Gasteiger partial charge on any atom is 0.0143 e. The molecule has 52 valence electrons. The number of hydrogen-bond donors (Lipinski definition) is 1. The molecule has 0 radical (unpaired) electrons. The van der Waals surface area contributed by atoms with Gasteiger partial charge in [0.25, 0.3) is 0 Å². The van der Waals surface area contributed by atoms with Gasteiger partial charge in [0.2, 0.25) is 0 Å². The minimum absolute atomic E-state index is 0.490. The molecule has 0 bridgehead atoms. The lowest BCUT2D eigenvalue weighted by Crippen LogP contribution is -2.36. The Morgan fingerprint density at radius 3 is 2.78 bits per heavy atom. The standard InChI is InChI=1S/C7H14N2/c1-6-5-9(2)4-3-7(6)8/h6,8H,3-5H2,1-2H3. The highest BCUT2D eigenvalue weighted by molar-refractivity contribution is 5.84. The summed E-state index contributed by atoms with van der Waals surface area (Å²) in [6, 6.07) is 0. The van der Waals surface area contributed by atoms with E-state index in [2.05, 4.69) is 18.9 Å². The third-order valence-corrected chi connectivity index (χ3v) is 1.94. The molecular weight excluding hydrogens is 112 g/mol. The summed E-state index contributed by atoms with van der Waals surface area (Å²) in [7, 11) is 2.11. The summed E-state index contributed by atoms with van der Waals surface area (Å²) in [5.74, 6) is 0.490. The number of hydrogen-bond acceptors (Lipinski definition) is 2. The molecule has 1 rings (SSSR count). The Morgan fingerprint density at radius 2 is 2.33 bits per heavy atom. The minimum atomic E-state index is 0.490. The lowest BCUT2D eigenvalue weighted by Gasteiger charge is -2.27. The highest BCUT2D eigenvalue weighted by Gasteiger charge is 2.16. The van der Waals surface area contributed by atoms with Crippen molar-refractivity contribution in [3.63, 3.8) is 0 Å². The van der Waals surface area contributed by atoms with Gasteiger partial charge < -0.3 is 10.3 Å². The molecule has 0 aromatic heterocycles. The zero-order chi connectivity index (χ0) is 6.85. The second-order valence-corrected chi connectivity index (χ2v) is 2.94. The van der Waals surface area contributed by atoms with Gasteiger partial charge in [-0.05, 0) is 13.5 Å². The summed E-state index contributed by atoms with van der Waals surface area (Å²) in [6.45, 7) is 4.26. The molecule has 0 amide bonds. The maximum atomic E-state index is 7.46. The molecule has 1 unspecified atom stereocenters. The van der Waals surface area contributed by atoms with Crippen LogP contribution >= 0.6 is 0 Å². The summed E-state index contributed by atoms with van der Waals surface area (Å²) in [5.41, 5.74) is 0.924. The van der Waals surface area contributed by atoms with Crippen molar-refractivity contribution >= 4 is 5.71 Å². The van der Waals surface area contributed by atoms with E-state index in [1.165, 1.54) is 0 Å². The molecule has 1 aliphatic heterocycles. The van der Waals surface area contributed by atoms with Gasteiger partial charge in [0.15, 0.2) is 0 Å². The molecule has 1 heterocycles. The third-order valence-electron chi connectivity index (χ3n) is 1.94. The van der Waals surface area contributed by atoms with Crippen LogP contribution in [0.3, 0.4) is 0 Å². The third kappa shape index (κ3) is 1.52. The first-order valence-electron chi connectivity index (χ1n) is 3.46. The molecule has 0 aromatic rings. The summed E-state index contributed by atoms with van der Waals surface area (Å²) in [6.07, 6.45) is 0.970. The zero-order valence-electron chi connectivity index (χ0n) is 6.15. The minimum Gasteiger partial charge on any atom is -0.309 e. The molecule has 0 spiro atoms. The van der Waals surface area contributed by atoms with Crippen molar-refractivity contribution in [1.82, 2.24) is 4.90 Å². The fourth-order valence-corrected chi connectivity index (χ4v) is 1.23. The predicted octanol–water partition coefficient (Wildman–Crippen LogP) is 0.978. The Kier molecular flexibility index (Phi) is 1.86. The molecule has 2 nitrogen and oxygen atoms in total. The van der Waals surface area contributed by atoms with Crippen molar-refractivity contribution in [2.24, 2.45) is 5.92 Å². The topological polar surface area (TPSA) is 27.1 Å². The van der Waals surface area contributed by atoms with Gasteiger partial charge in [0.05, 0.1) is 0 Å². The van der Waals surface area contributed by atoms with Crippen LogP contribution in [0.5, 0.6) is 0 Å². The van der Waals surface area contributed by atoms with Crippen molar-refractivity contribution in [2.75, 3.05) is 20.1 Å². The molecule has 1 fully saturated rings. The van der Waals surface area contributed by atoms with Crippen LogP contribution in [0.4, 0.5) is 0 Å². The molecular formula is C7H14N2. The Balaban J connectivity index is 2.44. The first-order valence-corrected chi connectivity index (χ1v) is 3.46. The molecule has 0 saturated carbocycles. The van der Waals surface area contributed by atoms with Crippen LogP contribution < -0.4 is 0 Å². The van der Waals surface area contributed by atoms with E-state index in [9.17, 15) is 0 Å². The summed E-state index contributed by atoms with van der Waals surface area (Å²) in [5, 5.41) is 7.46. The molecule has 1 atom stereocenters. The van der Waals surface area contributed by atoms with Crippen molar-refractivity contribution in [3.8, 4) is 0 Å². The second-order valence-electron chi connectivity index (χ2n) is 2.94. The monoisotopic (exact) mass is 126 g/mol. The van der Waals surface area contributed by atoms with Crippen LogP contribution in [0.2, 0.25) is 0 Å². The Bertz CT molecular complexity index is 120. The van der Waals surface area contributed by atoms with Gasteiger partial charge in [-0.1, -0.05) is 6.92 Å². The van der Waals surface area contributed by atoms with Gasteiger partial charge >= 0.3 is 0 Å². The van der Waals surface area contributed by atoms with Crippen LogP contribution in [0.15, 0.2) is 0 Å². The lowest BCUT2D eigenvalue weighted by molar-refractivity contribution is 0.298. The van der Waals surface area contributed by atoms with Gasteiger partial charge in [-0.25, -0.2) is 0 Å². The van der Waals surface area contributed by atoms with E-state index in [4.69, 9.17) is 5.41 Å². The summed E-state index contributed by atoms with van der Waals surface area (Å²) >= 11 is 0. The van der Waals surface area contributed by atoms with Crippen LogP contribution in [-0.4, -0.2) is 30.7 Å². The summed E-state index contributed by atoms with van der Waals surface area (Å²) in [4.78, 5) is 2.28. The zero-order valence-corrected chi connectivity index (χ0v) is 6.15. The number of likely N-dealkylation sites (tertiary alicyclic amines) is 1. The maximum absolute atomic E-state index is 7.46. The van der Waals surface area contributed by atoms with Crippen molar-refractivity contribution in [2.45, 2.75) is 13.3 Å². The van der Waals surface area contributed by atoms with Crippen molar-refractivity contribution in [3.05, 3.63) is 0 Å². The average molecular weight is 126 g/mol. The largest absolute Gasteiger partial charge is 0.309 e. The fraction of sp³-hybridized carbons (Fsp3) is 0.857. The SMILES string of the molecule is CC1CN(C)CCC1=N. The van der Waals surface area contributed by atoms with E-state index in [-0.39, 0.29) is 0 Å². The number of nitrogens with one attached hydrogen (secondary N) is 1.